The van der Waals surface area contributed by atoms with Gasteiger partial charge in [0.05, 0.1) is 0 Å². The van der Waals surface area contributed by atoms with E-state index in [1.807, 2.05) is 13.0 Å². The second-order valence-electron chi connectivity index (χ2n) is 9.20. The quantitative estimate of drug-likeness (QED) is 0.215. The normalized spacial score (nSPS) is 11.2. The van der Waals surface area contributed by atoms with Gasteiger partial charge in [-0.2, -0.15) is 0 Å². The van der Waals surface area contributed by atoms with E-state index in [9.17, 15) is 5.11 Å². The lowest BCUT2D eigenvalue weighted by atomic mass is 10.0. The predicted molar refractivity (Wildman–Crippen MR) is 130 cm³/mol. The van der Waals surface area contributed by atoms with Crippen LogP contribution < -0.4 is 0 Å². The maximum Gasteiger partial charge on any atom is 0.121 e. The van der Waals surface area contributed by atoms with Crippen LogP contribution in [0.5, 0.6) is 5.75 Å². The molecule has 0 bridgehead atoms. The number of aromatic hydroxyl groups is 1. The van der Waals surface area contributed by atoms with Gasteiger partial charge in [-0.15, -0.1) is 0 Å². The maximum absolute atomic E-state index is 10.0. The molecule has 0 aliphatic rings. The van der Waals surface area contributed by atoms with Crippen molar-refractivity contribution in [1.82, 2.24) is 0 Å². The van der Waals surface area contributed by atoms with Crippen LogP contribution in [0.1, 0.15) is 140 Å². The van der Waals surface area contributed by atoms with Crippen molar-refractivity contribution >= 4 is 0 Å². The molecular weight excluding hydrogens is 352 g/mol. The van der Waals surface area contributed by atoms with Gasteiger partial charge in [-0.05, 0) is 30.9 Å². The van der Waals surface area contributed by atoms with E-state index < -0.39 is 0 Å². The van der Waals surface area contributed by atoms with Gasteiger partial charge in [-0.25, -0.2) is 0 Å². The summed E-state index contributed by atoms with van der Waals surface area (Å²) in [6.07, 6.45) is 27.9. The molecular formula is C28H50O. The summed E-state index contributed by atoms with van der Waals surface area (Å²) < 4.78 is 0. The fourth-order valence-electron chi connectivity index (χ4n) is 4.32. The fourth-order valence-corrected chi connectivity index (χ4v) is 4.32. The number of aryl methyl sites for hydroxylation is 2. The first-order valence-electron chi connectivity index (χ1n) is 13.0. The van der Waals surface area contributed by atoms with Gasteiger partial charge < -0.3 is 5.11 Å². The molecule has 0 heterocycles. The topological polar surface area (TPSA) is 20.2 Å². The van der Waals surface area contributed by atoms with Crippen molar-refractivity contribution in [1.29, 1.82) is 0 Å². The van der Waals surface area contributed by atoms with Gasteiger partial charge in [0.15, 0.2) is 0 Å². The number of hydrogen-bond donors (Lipinski definition) is 1. The molecule has 1 rings (SSSR count). The number of benzene rings is 1. The van der Waals surface area contributed by atoms with Crippen molar-refractivity contribution in [3.63, 3.8) is 0 Å². The average molecular weight is 403 g/mol. The summed E-state index contributed by atoms with van der Waals surface area (Å²) in [5.74, 6) is 0.509. The smallest absolute Gasteiger partial charge is 0.121 e. The highest BCUT2D eigenvalue weighted by molar-refractivity contribution is 5.39. The van der Waals surface area contributed by atoms with Gasteiger partial charge in [0, 0.05) is 0 Å². The molecule has 0 aromatic heterocycles. The van der Waals surface area contributed by atoms with Crippen LogP contribution in [-0.2, 0) is 6.42 Å². The second-order valence-corrected chi connectivity index (χ2v) is 9.20. The Morgan fingerprint density at radius 2 is 0.931 bits per heavy atom. The van der Waals surface area contributed by atoms with E-state index in [0.717, 1.165) is 17.5 Å². The van der Waals surface area contributed by atoms with Gasteiger partial charge in [0.2, 0.25) is 0 Å². The van der Waals surface area contributed by atoms with Crippen molar-refractivity contribution in [3.05, 3.63) is 29.3 Å². The minimum atomic E-state index is 0.509. The molecule has 0 saturated carbocycles. The van der Waals surface area contributed by atoms with E-state index in [-0.39, 0.29) is 0 Å². The molecule has 1 aromatic rings. The number of unbranched alkanes of at least 4 members (excludes halogenated alkanes) is 18. The highest BCUT2D eigenvalue weighted by Gasteiger charge is 2.03. The van der Waals surface area contributed by atoms with Gasteiger partial charge >= 0.3 is 0 Å². The lowest BCUT2D eigenvalue weighted by molar-refractivity contribution is 0.461. The third kappa shape index (κ3) is 14.6. The standard InChI is InChI=1S/C28H50O/c1-3-4-5-6-7-8-9-10-11-12-13-14-15-16-17-18-19-20-21-24-27-25-22-23-26(2)28(27)29/h22-23,25,29H,3-21,24H2,1-2H3. The number of para-hydroxylation sites is 1. The SMILES string of the molecule is CCCCCCCCCCCCCCCCCCCCCc1cccc(C)c1O. The predicted octanol–water partition coefficient (Wildman–Crippen LogP) is 9.67. The molecule has 0 radical (unpaired) electrons. The van der Waals surface area contributed by atoms with Crippen LogP contribution in [0.15, 0.2) is 18.2 Å². The molecule has 0 aliphatic heterocycles. The van der Waals surface area contributed by atoms with Gasteiger partial charge in [0.25, 0.3) is 0 Å². The first kappa shape index (κ1) is 26.1. The number of rotatable bonds is 20. The minimum Gasteiger partial charge on any atom is -0.507 e. The van der Waals surface area contributed by atoms with E-state index >= 15 is 0 Å². The van der Waals surface area contributed by atoms with Gasteiger partial charge in [0.1, 0.15) is 5.75 Å². The molecule has 0 atom stereocenters. The van der Waals surface area contributed by atoms with Crippen LogP contribution >= 0.6 is 0 Å². The molecule has 1 aromatic carbocycles. The zero-order chi connectivity index (χ0) is 21.0. The Kier molecular flexibility index (Phi) is 17.1. The minimum absolute atomic E-state index is 0.509. The first-order valence-corrected chi connectivity index (χ1v) is 13.0. The molecule has 1 N–H and O–H groups in total. The molecule has 0 saturated heterocycles. The summed E-state index contributed by atoms with van der Waals surface area (Å²) >= 11 is 0. The fraction of sp³-hybridized carbons (Fsp3) is 0.786. The lowest BCUT2D eigenvalue weighted by Crippen LogP contribution is -1.89. The third-order valence-corrected chi connectivity index (χ3v) is 6.37. The molecule has 0 spiro atoms. The molecule has 1 heteroatoms. The van der Waals surface area contributed by atoms with Crippen molar-refractivity contribution in [2.24, 2.45) is 0 Å². The largest absolute Gasteiger partial charge is 0.507 e. The summed E-state index contributed by atoms with van der Waals surface area (Å²) in [5, 5.41) is 10.0. The molecule has 0 unspecified atom stereocenters. The van der Waals surface area contributed by atoms with Crippen LogP contribution in [0.4, 0.5) is 0 Å². The first-order chi connectivity index (χ1) is 14.3. The summed E-state index contributed by atoms with van der Waals surface area (Å²) in [6, 6.07) is 6.10. The highest BCUT2D eigenvalue weighted by atomic mass is 16.3. The van der Waals surface area contributed by atoms with Crippen molar-refractivity contribution in [2.45, 2.75) is 142 Å². The zero-order valence-electron chi connectivity index (χ0n) is 19.8. The summed E-state index contributed by atoms with van der Waals surface area (Å²) in [4.78, 5) is 0. The molecule has 1 nitrogen and oxygen atoms in total. The Morgan fingerprint density at radius 1 is 0.552 bits per heavy atom. The maximum atomic E-state index is 10.0. The lowest BCUT2D eigenvalue weighted by Gasteiger charge is -2.07. The van der Waals surface area contributed by atoms with E-state index in [1.165, 1.54) is 122 Å². The molecule has 0 amide bonds. The van der Waals surface area contributed by atoms with Gasteiger partial charge in [-0.1, -0.05) is 141 Å². The Labute approximate surface area is 182 Å². The Bertz CT molecular complexity index is 479. The molecule has 0 aliphatic carbocycles. The second kappa shape index (κ2) is 19.0. The highest BCUT2D eigenvalue weighted by Crippen LogP contribution is 2.23. The number of phenols is 1. The Hall–Kier alpha value is -0.980. The van der Waals surface area contributed by atoms with E-state index in [0.29, 0.717) is 5.75 Å². The number of phenolic OH excluding ortho intramolecular Hbond substituents is 1. The van der Waals surface area contributed by atoms with Crippen LogP contribution in [0.2, 0.25) is 0 Å². The average Bonchev–Trinajstić information content (AvgIpc) is 2.72. The van der Waals surface area contributed by atoms with Crippen molar-refractivity contribution in [3.8, 4) is 5.75 Å². The zero-order valence-corrected chi connectivity index (χ0v) is 19.8. The Balaban J connectivity index is 1.75. The van der Waals surface area contributed by atoms with Crippen LogP contribution in [0.25, 0.3) is 0 Å². The van der Waals surface area contributed by atoms with Crippen LogP contribution in [0, 0.1) is 6.92 Å². The van der Waals surface area contributed by atoms with E-state index in [2.05, 4.69) is 19.1 Å². The van der Waals surface area contributed by atoms with Crippen molar-refractivity contribution < 1.29 is 5.11 Å². The summed E-state index contributed by atoms with van der Waals surface area (Å²) in [5.41, 5.74) is 2.12. The van der Waals surface area contributed by atoms with Crippen LogP contribution in [0.3, 0.4) is 0 Å². The number of hydrogen-bond acceptors (Lipinski definition) is 1. The summed E-state index contributed by atoms with van der Waals surface area (Å²) in [7, 11) is 0. The van der Waals surface area contributed by atoms with Gasteiger partial charge in [-0.3, -0.25) is 0 Å². The Morgan fingerprint density at radius 3 is 1.34 bits per heavy atom. The van der Waals surface area contributed by atoms with Crippen LogP contribution in [-0.4, -0.2) is 5.11 Å². The molecule has 29 heavy (non-hydrogen) atoms. The molecule has 168 valence electrons. The van der Waals surface area contributed by atoms with E-state index in [1.54, 1.807) is 0 Å². The third-order valence-electron chi connectivity index (χ3n) is 6.37. The van der Waals surface area contributed by atoms with E-state index in [4.69, 9.17) is 0 Å². The monoisotopic (exact) mass is 402 g/mol. The summed E-state index contributed by atoms with van der Waals surface area (Å²) in [6.45, 7) is 4.28. The van der Waals surface area contributed by atoms with Crippen molar-refractivity contribution in [2.75, 3.05) is 0 Å². The molecule has 0 fully saturated rings.